The number of carbonyl (C=O) groups excluding carboxylic acids is 1. The highest BCUT2D eigenvalue weighted by molar-refractivity contribution is 7.89. The molecule has 20 heavy (non-hydrogen) atoms. The monoisotopic (exact) mass is 299 g/mol. The molecule has 0 spiro atoms. The first-order valence-electron chi connectivity index (χ1n) is 6.60. The molecule has 112 valence electrons. The second-order valence-electron chi connectivity index (χ2n) is 4.20. The number of nitrogens with one attached hydrogen (secondary N) is 3. The van der Waals surface area contributed by atoms with Crippen LogP contribution >= 0.6 is 0 Å². The van der Waals surface area contributed by atoms with Gasteiger partial charge in [0.15, 0.2) is 0 Å². The summed E-state index contributed by atoms with van der Waals surface area (Å²) in [5.41, 5.74) is 0.419. The van der Waals surface area contributed by atoms with Gasteiger partial charge in [0.2, 0.25) is 15.9 Å². The topological polar surface area (TPSA) is 87.3 Å². The van der Waals surface area contributed by atoms with Gasteiger partial charge in [0.1, 0.15) is 4.90 Å². The molecule has 0 aromatic heterocycles. The van der Waals surface area contributed by atoms with E-state index in [0.29, 0.717) is 25.2 Å². The molecule has 0 saturated heterocycles. The van der Waals surface area contributed by atoms with Crippen molar-refractivity contribution in [2.45, 2.75) is 25.2 Å². The van der Waals surface area contributed by atoms with Crippen molar-refractivity contribution in [3.05, 3.63) is 24.3 Å². The van der Waals surface area contributed by atoms with Crippen LogP contribution in [0.15, 0.2) is 29.2 Å². The Morgan fingerprint density at radius 1 is 1.20 bits per heavy atom. The first kappa shape index (κ1) is 16.5. The molecule has 1 aromatic carbocycles. The van der Waals surface area contributed by atoms with Gasteiger partial charge in [-0.15, -0.1) is 0 Å². The van der Waals surface area contributed by atoms with E-state index in [9.17, 15) is 13.2 Å². The van der Waals surface area contributed by atoms with Crippen LogP contribution in [0.1, 0.15) is 20.3 Å². The average Bonchev–Trinajstić information content (AvgIpc) is 2.43. The number of benzene rings is 1. The number of carbonyl (C=O) groups is 1. The van der Waals surface area contributed by atoms with Crippen LogP contribution in [0.4, 0.5) is 5.69 Å². The molecule has 0 atom stereocenters. The molecule has 7 heteroatoms. The molecule has 0 aliphatic heterocycles. The molecule has 0 unspecified atom stereocenters. The molecule has 3 N–H and O–H groups in total. The van der Waals surface area contributed by atoms with Crippen molar-refractivity contribution < 1.29 is 13.2 Å². The summed E-state index contributed by atoms with van der Waals surface area (Å²) in [6.45, 7) is 4.67. The number of amides is 1. The summed E-state index contributed by atoms with van der Waals surface area (Å²) in [6.07, 6.45) is 0.716. The summed E-state index contributed by atoms with van der Waals surface area (Å²) in [4.78, 5) is 11.6. The van der Waals surface area contributed by atoms with E-state index >= 15 is 0 Å². The molecule has 0 aliphatic rings. The van der Waals surface area contributed by atoms with Crippen molar-refractivity contribution >= 4 is 21.6 Å². The zero-order valence-corrected chi connectivity index (χ0v) is 12.6. The van der Waals surface area contributed by atoms with Gasteiger partial charge in [0.25, 0.3) is 0 Å². The second-order valence-corrected chi connectivity index (χ2v) is 5.94. The maximum Gasteiger partial charge on any atom is 0.242 e. The maximum absolute atomic E-state index is 12.1. The Labute approximate surface area is 120 Å². The molecule has 1 aromatic rings. The van der Waals surface area contributed by atoms with Gasteiger partial charge in [-0.2, -0.15) is 0 Å². The molecule has 6 nitrogen and oxygen atoms in total. The minimum absolute atomic E-state index is 0.0359. The van der Waals surface area contributed by atoms with Gasteiger partial charge in [-0.1, -0.05) is 19.1 Å². The van der Waals surface area contributed by atoms with Crippen molar-refractivity contribution in [1.82, 2.24) is 10.0 Å². The minimum Gasteiger partial charge on any atom is -0.375 e. The number of sulfonamides is 1. The zero-order valence-electron chi connectivity index (χ0n) is 11.8. The Kier molecular flexibility index (Phi) is 6.47. The number of likely N-dealkylation sites (N-methyl/N-ethyl adjacent to an activating group) is 1. The molecule has 0 aliphatic carbocycles. The van der Waals surface area contributed by atoms with E-state index in [1.807, 2.05) is 13.8 Å². The van der Waals surface area contributed by atoms with Crippen LogP contribution in [-0.4, -0.2) is 34.0 Å². The fraction of sp³-hybridized carbons (Fsp3) is 0.462. The maximum atomic E-state index is 12.1. The van der Waals surface area contributed by atoms with Crippen molar-refractivity contribution in [2.24, 2.45) is 0 Å². The van der Waals surface area contributed by atoms with E-state index in [1.165, 1.54) is 6.07 Å². The number of hydrogen-bond acceptors (Lipinski definition) is 4. The van der Waals surface area contributed by atoms with E-state index in [4.69, 9.17) is 0 Å². The molecule has 0 radical (unpaired) electrons. The number of hydrogen-bond donors (Lipinski definition) is 3. The summed E-state index contributed by atoms with van der Waals surface area (Å²) in [5.74, 6) is -0.179. The summed E-state index contributed by atoms with van der Waals surface area (Å²) in [6, 6.07) is 6.52. The number of rotatable bonds is 8. The summed E-state index contributed by atoms with van der Waals surface area (Å²) >= 11 is 0. The van der Waals surface area contributed by atoms with Crippen LogP contribution in [0.25, 0.3) is 0 Å². The number of anilines is 1. The third-order valence-electron chi connectivity index (χ3n) is 2.53. The Hall–Kier alpha value is -1.60. The van der Waals surface area contributed by atoms with Crippen LogP contribution in [0.3, 0.4) is 0 Å². The molecule has 0 bridgehead atoms. The van der Waals surface area contributed by atoms with Crippen LogP contribution < -0.4 is 15.4 Å². The van der Waals surface area contributed by atoms with Gasteiger partial charge in [-0.05, 0) is 25.5 Å². The lowest BCUT2D eigenvalue weighted by atomic mass is 10.3. The van der Waals surface area contributed by atoms with E-state index in [0.717, 1.165) is 0 Å². The van der Waals surface area contributed by atoms with Gasteiger partial charge < -0.3 is 10.6 Å². The number of para-hydroxylation sites is 1. The van der Waals surface area contributed by atoms with Crippen LogP contribution in [-0.2, 0) is 14.8 Å². The minimum atomic E-state index is -3.56. The quantitative estimate of drug-likeness (QED) is 0.666. The van der Waals surface area contributed by atoms with Crippen molar-refractivity contribution in [3.63, 3.8) is 0 Å². The summed E-state index contributed by atoms with van der Waals surface area (Å²) in [7, 11) is -3.56. The highest BCUT2D eigenvalue weighted by Crippen LogP contribution is 2.20. The molecular weight excluding hydrogens is 278 g/mol. The van der Waals surface area contributed by atoms with Crippen molar-refractivity contribution in [1.29, 1.82) is 0 Å². The predicted molar refractivity (Wildman–Crippen MR) is 79.1 cm³/mol. The fourth-order valence-electron chi connectivity index (χ4n) is 1.60. The highest BCUT2D eigenvalue weighted by atomic mass is 32.2. The van der Waals surface area contributed by atoms with Gasteiger partial charge in [0.05, 0.1) is 12.2 Å². The molecule has 0 heterocycles. The van der Waals surface area contributed by atoms with Gasteiger partial charge >= 0.3 is 0 Å². The van der Waals surface area contributed by atoms with Crippen molar-refractivity contribution in [2.75, 3.05) is 25.0 Å². The first-order chi connectivity index (χ1) is 9.51. The Morgan fingerprint density at radius 3 is 2.55 bits per heavy atom. The van der Waals surface area contributed by atoms with Crippen LogP contribution in [0.2, 0.25) is 0 Å². The van der Waals surface area contributed by atoms with E-state index in [-0.39, 0.29) is 17.3 Å². The molecule has 1 rings (SSSR count). The van der Waals surface area contributed by atoms with Gasteiger partial charge in [-0.3, -0.25) is 4.79 Å². The molecule has 1 amide bonds. The van der Waals surface area contributed by atoms with Crippen molar-refractivity contribution in [3.8, 4) is 0 Å². The predicted octanol–water partition coefficient (Wildman–Crippen LogP) is 0.923. The third kappa shape index (κ3) is 4.82. The summed E-state index contributed by atoms with van der Waals surface area (Å²) in [5, 5.41) is 5.49. The second kappa shape index (κ2) is 7.86. The SMILES string of the molecule is CCCNS(=O)(=O)c1ccccc1NCC(=O)NCC. The normalized spacial score (nSPS) is 11.1. The molecule has 0 saturated carbocycles. The average molecular weight is 299 g/mol. The van der Waals surface area contributed by atoms with E-state index in [2.05, 4.69) is 15.4 Å². The Balaban J connectivity index is 2.85. The lowest BCUT2D eigenvalue weighted by Crippen LogP contribution is -2.30. The smallest absolute Gasteiger partial charge is 0.242 e. The fourth-order valence-corrected chi connectivity index (χ4v) is 2.91. The van der Waals surface area contributed by atoms with Gasteiger partial charge in [0, 0.05) is 13.1 Å². The Bertz CT molecular complexity index is 544. The zero-order chi connectivity index (χ0) is 15.0. The van der Waals surface area contributed by atoms with E-state index in [1.54, 1.807) is 18.2 Å². The standard InChI is InChI=1S/C13H21N3O3S/c1-3-9-16-20(18,19)12-8-6-5-7-11(12)15-10-13(17)14-4-2/h5-8,15-16H,3-4,9-10H2,1-2H3,(H,14,17). The van der Waals surface area contributed by atoms with Crippen LogP contribution in [0, 0.1) is 0 Å². The van der Waals surface area contributed by atoms with Crippen LogP contribution in [0.5, 0.6) is 0 Å². The third-order valence-corrected chi connectivity index (χ3v) is 4.05. The van der Waals surface area contributed by atoms with E-state index < -0.39 is 10.0 Å². The largest absolute Gasteiger partial charge is 0.375 e. The van der Waals surface area contributed by atoms with Gasteiger partial charge in [-0.25, -0.2) is 13.1 Å². The highest BCUT2D eigenvalue weighted by Gasteiger charge is 2.17. The Morgan fingerprint density at radius 2 is 1.90 bits per heavy atom. The lowest BCUT2D eigenvalue weighted by Gasteiger charge is -2.12. The lowest BCUT2D eigenvalue weighted by molar-refractivity contribution is -0.119. The first-order valence-corrected chi connectivity index (χ1v) is 8.08. The molecular formula is C13H21N3O3S. The molecule has 0 fully saturated rings. The summed E-state index contributed by atoms with van der Waals surface area (Å²) < 4.78 is 26.8.